The highest BCUT2D eigenvalue weighted by molar-refractivity contribution is 5.81. The van der Waals surface area contributed by atoms with Crippen LogP contribution in [0.1, 0.15) is 18.7 Å². The molecule has 0 saturated heterocycles. The summed E-state index contributed by atoms with van der Waals surface area (Å²) < 4.78 is 1.11. The van der Waals surface area contributed by atoms with Crippen LogP contribution >= 0.6 is 0 Å². The Morgan fingerprint density at radius 3 is 3.00 bits per heavy atom. The number of rotatable bonds is 5. The van der Waals surface area contributed by atoms with E-state index in [1.54, 1.807) is 43.7 Å². The van der Waals surface area contributed by atoms with Gasteiger partial charge in [0.25, 0.3) is 5.56 Å². The van der Waals surface area contributed by atoms with E-state index in [1.807, 2.05) is 0 Å². The molecule has 0 bridgehead atoms. The summed E-state index contributed by atoms with van der Waals surface area (Å²) in [6.45, 7) is 2.07. The summed E-state index contributed by atoms with van der Waals surface area (Å²) in [5.74, 6) is -0.281. The molecule has 2 heterocycles. The topological polar surface area (TPSA) is 106 Å². The van der Waals surface area contributed by atoms with E-state index in [2.05, 4.69) is 25.6 Å². The Labute approximate surface area is 131 Å². The van der Waals surface area contributed by atoms with E-state index in [-0.39, 0.29) is 11.5 Å². The van der Waals surface area contributed by atoms with Gasteiger partial charge in [-0.15, -0.1) is 5.10 Å². The number of carbonyl (C=O) groups is 1. The van der Waals surface area contributed by atoms with E-state index in [1.165, 1.54) is 0 Å². The monoisotopic (exact) mass is 312 g/mol. The Morgan fingerprint density at radius 2 is 2.22 bits per heavy atom. The molecular formula is C15H16N6O2. The maximum Gasteiger partial charge on any atom is 0.278 e. The number of nitrogens with one attached hydrogen (secondary N) is 2. The first kappa shape index (κ1) is 14.9. The number of H-pyrrole nitrogens is 1. The van der Waals surface area contributed by atoms with Gasteiger partial charge < -0.3 is 10.3 Å². The summed E-state index contributed by atoms with van der Waals surface area (Å²) in [5, 5.41) is 11.1. The van der Waals surface area contributed by atoms with Gasteiger partial charge in [-0.2, -0.15) is 4.68 Å². The number of carbonyl (C=O) groups excluding carboxylic acids is 1. The van der Waals surface area contributed by atoms with Gasteiger partial charge in [0.1, 0.15) is 11.6 Å². The van der Waals surface area contributed by atoms with Crippen molar-refractivity contribution in [2.24, 2.45) is 0 Å². The van der Waals surface area contributed by atoms with Crippen molar-refractivity contribution in [3.63, 3.8) is 0 Å². The molecule has 0 aliphatic rings. The van der Waals surface area contributed by atoms with Crippen LogP contribution in [0.2, 0.25) is 0 Å². The fourth-order valence-electron chi connectivity index (χ4n) is 2.26. The Bertz CT molecular complexity index is 871. The molecule has 118 valence electrons. The van der Waals surface area contributed by atoms with Crippen LogP contribution in [0.5, 0.6) is 0 Å². The number of imidazole rings is 1. The molecule has 0 aliphatic carbocycles. The summed E-state index contributed by atoms with van der Waals surface area (Å²) in [6.07, 6.45) is 3.93. The van der Waals surface area contributed by atoms with E-state index in [4.69, 9.17) is 0 Å². The number of amides is 1. The molecule has 1 aromatic carbocycles. The van der Waals surface area contributed by atoms with Gasteiger partial charge in [-0.05, 0) is 19.1 Å². The molecule has 23 heavy (non-hydrogen) atoms. The minimum absolute atomic E-state index is 0.281. The Kier molecular flexibility index (Phi) is 4.13. The smallest absolute Gasteiger partial charge is 0.278 e. The average molecular weight is 312 g/mol. The average Bonchev–Trinajstić information content (AvgIpc) is 3.08. The zero-order valence-corrected chi connectivity index (χ0v) is 12.6. The van der Waals surface area contributed by atoms with Crippen molar-refractivity contribution in [1.29, 1.82) is 0 Å². The zero-order chi connectivity index (χ0) is 16.2. The lowest BCUT2D eigenvalue weighted by Gasteiger charge is -2.13. The highest BCUT2D eigenvalue weighted by Gasteiger charge is 2.18. The summed E-state index contributed by atoms with van der Waals surface area (Å²) in [7, 11) is 0. The molecule has 3 aromatic rings. The molecule has 0 fully saturated rings. The van der Waals surface area contributed by atoms with Crippen LogP contribution in [0.4, 0.5) is 0 Å². The minimum Gasteiger partial charge on any atom is -0.354 e. The predicted molar refractivity (Wildman–Crippen MR) is 83.8 cm³/mol. The van der Waals surface area contributed by atoms with Crippen molar-refractivity contribution in [3.05, 3.63) is 52.8 Å². The second-order valence-corrected chi connectivity index (χ2v) is 5.15. The van der Waals surface area contributed by atoms with E-state index in [0.717, 1.165) is 10.4 Å². The lowest BCUT2D eigenvalue weighted by molar-refractivity contribution is -0.124. The zero-order valence-electron chi connectivity index (χ0n) is 12.6. The van der Waals surface area contributed by atoms with Crippen molar-refractivity contribution in [2.45, 2.75) is 19.4 Å². The fraction of sp³-hybridized carbons (Fsp3) is 0.267. The molecular weight excluding hydrogens is 296 g/mol. The molecule has 1 atom stereocenters. The third-order valence-electron chi connectivity index (χ3n) is 3.59. The van der Waals surface area contributed by atoms with Gasteiger partial charge >= 0.3 is 0 Å². The molecule has 8 nitrogen and oxygen atoms in total. The number of aromatic nitrogens is 5. The minimum atomic E-state index is -0.735. The van der Waals surface area contributed by atoms with Crippen LogP contribution in [0.15, 0.2) is 41.6 Å². The number of benzene rings is 1. The first-order valence-corrected chi connectivity index (χ1v) is 7.26. The van der Waals surface area contributed by atoms with Crippen molar-refractivity contribution in [2.75, 3.05) is 6.54 Å². The normalized spacial score (nSPS) is 12.2. The maximum absolute atomic E-state index is 12.4. The van der Waals surface area contributed by atoms with Gasteiger partial charge in [-0.1, -0.05) is 17.3 Å². The predicted octanol–water partition coefficient (Wildman–Crippen LogP) is 0.434. The van der Waals surface area contributed by atoms with Crippen LogP contribution in [0.25, 0.3) is 10.9 Å². The number of nitrogens with zero attached hydrogens (tertiary/aromatic N) is 4. The van der Waals surface area contributed by atoms with E-state index in [0.29, 0.717) is 23.9 Å². The van der Waals surface area contributed by atoms with Gasteiger partial charge in [0, 0.05) is 24.9 Å². The van der Waals surface area contributed by atoms with E-state index in [9.17, 15) is 9.59 Å². The Morgan fingerprint density at radius 1 is 1.39 bits per heavy atom. The Hall–Kier alpha value is -3.03. The molecule has 0 unspecified atom stereocenters. The van der Waals surface area contributed by atoms with Gasteiger partial charge in [-0.25, -0.2) is 4.98 Å². The van der Waals surface area contributed by atoms with Gasteiger partial charge in [0.2, 0.25) is 5.91 Å². The SMILES string of the molecule is C[C@H](C(=O)NCCc1cnc[nH]1)n1nnc2ccccc2c1=O. The molecule has 8 heteroatoms. The highest BCUT2D eigenvalue weighted by atomic mass is 16.2. The molecule has 2 N–H and O–H groups in total. The van der Waals surface area contributed by atoms with Gasteiger partial charge in [0.05, 0.1) is 11.7 Å². The molecule has 3 rings (SSSR count). The first-order valence-electron chi connectivity index (χ1n) is 7.26. The lowest BCUT2D eigenvalue weighted by Crippen LogP contribution is -2.38. The summed E-state index contributed by atoms with van der Waals surface area (Å²) in [6, 6.07) is 6.19. The van der Waals surface area contributed by atoms with Gasteiger partial charge in [0.15, 0.2) is 0 Å². The number of fused-ring (bicyclic) bond motifs is 1. The number of hydrogen-bond donors (Lipinski definition) is 2. The molecule has 2 aromatic heterocycles. The van der Waals surface area contributed by atoms with Crippen molar-refractivity contribution >= 4 is 16.8 Å². The van der Waals surface area contributed by atoms with Gasteiger partial charge in [-0.3, -0.25) is 9.59 Å². The molecule has 0 spiro atoms. The van der Waals surface area contributed by atoms with Crippen molar-refractivity contribution in [3.8, 4) is 0 Å². The third kappa shape index (κ3) is 3.10. The summed E-state index contributed by atoms with van der Waals surface area (Å²) in [4.78, 5) is 31.5. The fourth-order valence-corrected chi connectivity index (χ4v) is 2.26. The first-order chi connectivity index (χ1) is 11.2. The van der Waals surface area contributed by atoms with Crippen molar-refractivity contribution in [1.82, 2.24) is 30.3 Å². The lowest BCUT2D eigenvalue weighted by atomic mass is 10.2. The van der Waals surface area contributed by atoms with Crippen LogP contribution in [-0.4, -0.2) is 37.4 Å². The van der Waals surface area contributed by atoms with Crippen LogP contribution in [-0.2, 0) is 11.2 Å². The molecule has 0 radical (unpaired) electrons. The van der Waals surface area contributed by atoms with Crippen molar-refractivity contribution < 1.29 is 4.79 Å². The third-order valence-corrected chi connectivity index (χ3v) is 3.59. The summed E-state index contributed by atoms with van der Waals surface area (Å²) in [5.41, 5.74) is 1.12. The quantitative estimate of drug-likeness (QED) is 0.711. The van der Waals surface area contributed by atoms with E-state index < -0.39 is 6.04 Å². The number of hydrogen-bond acceptors (Lipinski definition) is 5. The van der Waals surface area contributed by atoms with Crippen LogP contribution in [0.3, 0.4) is 0 Å². The standard InChI is InChI=1S/C15H16N6O2/c1-10(14(22)17-7-6-11-8-16-9-18-11)21-15(23)12-4-2-3-5-13(12)19-20-21/h2-5,8-10H,6-7H2,1H3,(H,16,18)(H,17,22)/t10-/m1/s1. The van der Waals surface area contributed by atoms with Crippen LogP contribution in [0, 0.1) is 0 Å². The number of aromatic amines is 1. The molecule has 0 aliphatic heterocycles. The van der Waals surface area contributed by atoms with Crippen LogP contribution < -0.4 is 10.9 Å². The highest BCUT2D eigenvalue weighted by Crippen LogP contribution is 2.06. The molecule has 1 amide bonds. The maximum atomic E-state index is 12.4. The second kappa shape index (κ2) is 6.39. The second-order valence-electron chi connectivity index (χ2n) is 5.15. The van der Waals surface area contributed by atoms with E-state index >= 15 is 0 Å². The molecule has 0 saturated carbocycles. The summed E-state index contributed by atoms with van der Waals surface area (Å²) >= 11 is 0. The largest absolute Gasteiger partial charge is 0.354 e. The Balaban J connectivity index is 1.72.